The van der Waals surface area contributed by atoms with Gasteiger partial charge in [-0.3, -0.25) is 14.9 Å². The average Bonchev–Trinajstić information content (AvgIpc) is 2.43. The molecule has 0 bridgehead atoms. The van der Waals surface area contributed by atoms with Gasteiger partial charge in [-0.15, -0.1) is 0 Å². The molecule has 0 heterocycles. The number of ether oxygens (including phenoxy) is 1. The average molecular weight is 283 g/mol. The van der Waals surface area contributed by atoms with Crippen LogP contribution in [-0.4, -0.2) is 34.2 Å². The zero-order valence-corrected chi connectivity index (χ0v) is 10.6. The van der Waals surface area contributed by atoms with Crippen molar-refractivity contribution < 1.29 is 29.5 Å². The summed E-state index contributed by atoms with van der Waals surface area (Å²) in [7, 11) is 1.21. The Bertz CT molecular complexity index is 541. The highest BCUT2D eigenvalue weighted by Crippen LogP contribution is 2.25. The number of nitro groups is 1. The maximum atomic E-state index is 11.0. The number of esters is 1. The molecule has 2 N–H and O–H groups in total. The Balaban J connectivity index is 3.05. The molecule has 0 aliphatic carbocycles. The summed E-state index contributed by atoms with van der Waals surface area (Å²) in [5.74, 6) is -2.00. The number of nitrogens with zero attached hydrogens (tertiary/aromatic N) is 1. The summed E-state index contributed by atoms with van der Waals surface area (Å²) in [5, 5.41) is 29.0. The van der Waals surface area contributed by atoms with E-state index in [1.807, 2.05) is 0 Å². The van der Waals surface area contributed by atoms with Gasteiger partial charge in [-0.25, -0.2) is 4.79 Å². The standard InChI is InChI=1S/C12H13NO7/c1-20-10(14)5-4-7-2-3-8(11(15)12(16)17)6-9(7)13(18)19/h2-3,6,11,15H,4-5H2,1H3,(H,16,17). The van der Waals surface area contributed by atoms with Crippen LogP contribution in [0.1, 0.15) is 23.7 Å². The fourth-order valence-corrected chi connectivity index (χ4v) is 1.61. The number of aliphatic hydroxyl groups excluding tert-OH is 1. The third kappa shape index (κ3) is 3.75. The van der Waals surface area contributed by atoms with E-state index in [2.05, 4.69) is 4.74 Å². The topological polar surface area (TPSA) is 127 Å². The van der Waals surface area contributed by atoms with Gasteiger partial charge in [-0.05, 0) is 12.0 Å². The monoisotopic (exact) mass is 283 g/mol. The smallest absolute Gasteiger partial charge is 0.337 e. The zero-order chi connectivity index (χ0) is 15.3. The van der Waals surface area contributed by atoms with Crippen molar-refractivity contribution in [3.63, 3.8) is 0 Å². The lowest BCUT2D eigenvalue weighted by atomic mass is 10.0. The molecule has 0 saturated heterocycles. The van der Waals surface area contributed by atoms with E-state index < -0.39 is 23.0 Å². The van der Waals surface area contributed by atoms with E-state index in [9.17, 15) is 24.8 Å². The van der Waals surface area contributed by atoms with E-state index in [1.54, 1.807) is 0 Å². The highest BCUT2D eigenvalue weighted by Gasteiger charge is 2.22. The molecule has 108 valence electrons. The Morgan fingerprint density at radius 3 is 2.60 bits per heavy atom. The number of aryl methyl sites for hydroxylation is 1. The highest BCUT2D eigenvalue weighted by atomic mass is 16.6. The van der Waals surface area contributed by atoms with Crippen molar-refractivity contribution in [2.45, 2.75) is 18.9 Å². The maximum absolute atomic E-state index is 11.0. The van der Waals surface area contributed by atoms with Crippen molar-refractivity contribution in [2.24, 2.45) is 0 Å². The van der Waals surface area contributed by atoms with E-state index >= 15 is 0 Å². The molecular formula is C12H13NO7. The molecule has 1 unspecified atom stereocenters. The van der Waals surface area contributed by atoms with Gasteiger partial charge < -0.3 is 14.9 Å². The molecular weight excluding hydrogens is 270 g/mol. The second-order valence-corrected chi connectivity index (χ2v) is 3.96. The molecule has 1 aromatic carbocycles. The SMILES string of the molecule is COC(=O)CCc1ccc(C(O)C(=O)O)cc1[N+](=O)[O-]. The van der Waals surface area contributed by atoms with Crippen molar-refractivity contribution in [2.75, 3.05) is 7.11 Å². The molecule has 1 aromatic rings. The first kappa shape index (κ1) is 15.6. The molecule has 0 aliphatic heterocycles. The molecule has 1 rings (SSSR count). The van der Waals surface area contributed by atoms with Crippen LogP contribution >= 0.6 is 0 Å². The van der Waals surface area contributed by atoms with Crippen molar-refractivity contribution in [1.82, 2.24) is 0 Å². The normalized spacial score (nSPS) is 11.7. The fourth-order valence-electron chi connectivity index (χ4n) is 1.61. The second-order valence-electron chi connectivity index (χ2n) is 3.96. The predicted molar refractivity (Wildman–Crippen MR) is 66.0 cm³/mol. The minimum absolute atomic E-state index is 0.0296. The minimum atomic E-state index is -1.83. The van der Waals surface area contributed by atoms with Crippen LogP contribution in [0.25, 0.3) is 0 Å². The van der Waals surface area contributed by atoms with Crippen LogP contribution < -0.4 is 0 Å². The Labute approximate surface area is 113 Å². The molecule has 0 aromatic heterocycles. The van der Waals surface area contributed by atoms with Gasteiger partial charge in [0.25, 0.3) is 5.69 Å². The lowest BCUT2D eigenvalue weighted by molar-refractivity contribution is -0.385. The van der Waals surface area contributed by atoms with Gasteiger partial charge >= 0.3 is 11.9 Å². The van der Waals surface area contributed by atoms with Crippen LogP contribution in [0.5, 0.6) is 0 Å². The minimum Gasteiger partial charge on any atom is -0.479 e. The summed E-state index contributed by atoms with van der Waals surface area (Å²) < 4.78 is 4.44. The van der Waals surface area contributed by atoms with Crippen molar-refractivity contribution in [3.05, 3.63) is 39.4 Å². The molecule has 0 radical (unpaired) electrons. The summed E-state index contributed by atoms with van der Waals surface area (Å²) >= 11 is 0. The predicted octanol–water partition coefficient (Wildman–Crippen LogP) is 0.818. The number of benzene rings is 1. The quantitative estimate of drug-likeness (QED) is 0.449. The molecule has 0 fully saturated rings. The van der Waals surface area contributed by atoms with Crippen LogP contribution in [0, 0.1) is 10.1 Å². The number of nitro benzene ring substituents is 1. The summed E-state index contributed by atoms with van der Waals surface area (Å²) in [6.07, 6.45) is -1.77. The molecule has 8 nitrogen and oxygen atoms in total. The lowest BCUT2D eigenvalue weighted by Gasteiger charge is -2.08. The number of aliphatic carboxylic acids is 1. The van der Waals surface area contributed by atoms with Crippen molar-refractivity contribution in [1.29, 1.82) is 0 Å². The molecule has 0 aliphatic rings. The molecule has 0 saturated carbocycles. The second kappa shape index (κ2) is 6.62. The molecule has 1 atom stereocenters. The first-order valence-corrected chi connectivity index (χ1v) is 5.61. The Morgan fingerprint density at radius 1 is 1.45 bits per heavy atom. The Morgan fingerprint density at radius 2 is 2.10 bits per heavy atom. The largest absolute Gasteiger partial charge is 0.479 e. The fraction of sp³-hybridized carbons (Fsp3) is 0.333. The Kier molecular flexibility index (Phi) is 5.15. The van der Waals surface area contributed by atoms with Gasteiger partial charge in [0, 0.05) is 18.1 Å². The van der Waals surface area contributed by atoms with Gasteiger partial charge in [0.2, 0.25) is 0 Å². The number of methoxy groups -OCH3 is 1. The van der Waals surface area contributed by atoms with Crippen LogP contribution in [0.15, 0.2) is 18.2 Å². The van der Waals surface area contributed by atoms with Crippen LogP contribution in [-0.2, 0) is 20.7 Å². The summed E-state index contributed by atoms with van der Waals surface area (Å²) in [6.45, 7) is 0. The van der Waals surface area contributed by atoms with Gasteiger partial charge in [-0.1, -0.05) is 12.1 Å². The first-order chi connectivity index (χ1) is 9.36. The van der Waals surface area contributed by atoms with Gasteiger partial charge in [0.05, 0.1) is 12.0 Å². The van der Waals surface area contributed by atoms with Gasteiger partial charge in [0.1, 0.15) is 0 Å². The van der Waals surface area contributed by atoms with Crippen molar-refractivity contribution >= 4 is 17.6 Å². The van der Waals surface area contributed by atoms with E-state index in [0.29, 0.717) is 0 Å². The van der Waals surface area contributed by atoms with E-state index in [0.717, 1.165) is 6.07 Å². The summed E-state index contributed by atoms with van der Waals surface area (Å²) in [5.41, 5.74) is -0.167. The lowest BCUT2D eigenvalue weighted by Crippen LogP contribution is -2.11. The number of carbonyl (C=O) groups excluding carboxylic acids is 1. The van der Waals surface area contributed by atoms with Crippen LogP contribution in [0.4, 0.5) is 5.69 Å². The van der Waals surface area contributed by atoms with Crippen LogP contribution in [0.2, 0.25) is 0 Å². The van der Waals surface area contributed by atoms with E-state index in [4.69, 9.17) is 5.11 Å². The number of hydrogen-bond donors (Lipinski definition) is 2. The number of aliphatic hydroxyl groups is 1. The molecule has 0 spiro atoms. The highest BCUT2D eigenvalue weighted by molar-refractivity contribution is 5.74. The van der Waals surface area contributed by atoms with Crippen molar-refractivity contribution in [3.8, 4) is 0 Å². The number of carbonyl (C=O) groups is 2. The number of rotatable bonds is 6. The molecule has 20 heavy (non-hydrogen) atoms. The van der Waals surface area contributed by atoms with E-state index in [1.165, 1.54) is 19.2 Å². The summed E-state index contributed by atoms with van der Waals surface area (Å²) in [4.78, 5) is 31.9. The number of hydrogen-bond acceptors (Lipinski definition) is 6. The number of carboxylic acid groups (broad SMARTS) is 1. The van der Waals surface area contributed by atoms with Gasteiger partial charge in [0.15, 0.2) is 6.10 Å². The third-order valence-corrected chi connectivity index (χ3v) is 2.68. The maximum Gasteiger partial charge on any atom is 0.337 e. The van der Waals surface area contributed by atoms with Gasteiger partial charge in [-0.2, -0.15) is 0 Å². The number of carboxylic acids is 1. The third-order valence-electron chi connectivity index (χ3n) is 2.68. The zero-order valence-electron chi connectivity index (χ0n) is 10.6. The van der Waals surface area contributed by atoms with Crippen LogP contribution in [0.3, 0.4) is 0 Å². The Hall–Kier alpha value is -2.48. The van der Waals surface area contributed by atoms with E-state index in [-0.39, 0.29) is 29.7 Å². The summed E-state index contributed by atoms with van der Waals surface area (Å²) in [6, 6.07) is 3.59. The molecule has 8 heteroatoms. The molecule has 0 amide bonds. The first-order valence-electron chi connectivity index (χ1n) is 5.61.